The van der Waals surface area contributed by atoms with Gasteiger partial charge in [-0.25, -0.2) is 4.79 Å². The summed E-state index contributed by atoms with van der Waals surface area (Å²) < 4.78 is 45.8. The highest BCUT2D eigenvalue weighted by Crippen LogP contribution is 2.29. The number of esters is 1. The highest BCUT2D eigenvalue weighted by atomic mass is 19.4. The van der Waals surface area contributed by atoms with Gasteiger partial charge < -0.3 is 14.8 Å². The summed E-state index contributed by atoms with van der Waals surface area (Å²) >= 11 is 0. The van der Waals surface area contributed by atoms with Gasteiger partial charge in [-0.15, -0.1) is 13.2 Å². The maximum absolute atomic E-state index is 12.3. The van der Waals surface area contributed by atoms with E-state index in [1.54, 1.807) is 19.9 Å². The number of anilines is 1. The summed E-state index contributed by atoms with van der Waals surface area (Å²) in [7, 11) is 0. The number of amides is 1. The van der Waals surface area contributed by atoms with Crippen molar-refractivity contribution in [2.75, 3.05) is 5.32 Å². The van der Waals surface area contributed by atoms with E-state index in [4.69, 9.17) is 10.00 Å². The second kappa shape index (κ2) is 8.43. The molecule has 1 N–H and O–H groups in total. The molecule has 0 radical (unpaired) electrons. The van der Waals surface area contributed by atoms with Gasteiger partial charge in [0.05, 0.1) is 11.1 Å². The predicted molar refractivity (Wildman–Crippen MR) is 92.7 cm³/mol. The minimum absolute atomic E-state index is 0.0774. The maximum Gasteiger partial charge on any atom is 0.573 e. The molecule has 146 valence electrons. The lowest BCUT2D eigenvalue weighted by Gasteiger charge is -2.12. The smallest absolute Gasteiger partial charge is 0.421 e. The van der Waals surface area contributed by atoms with Crippen molar-refractivity contribution in [3.8, 4) is 17.6 Å². The van der Waals surface area contributed by atoms with E-state index in [1.807, 2.05) is 0 Å². The first-order valence-corrected chi connectivity index (χ1v) is 8.02. The summed E-state index contributed by atoms with van der Waals surface area (Å²) in [6, 6.07) is 10.2. The molecule has 0 aliphatic carbocycles. The number of nitrogens with zero attached hydrogens (tertiary/aromatic N) is 1. The first kappa shape index (κ1) is 20.8. The van der Waals surface area contributed by atoms with Gasteiger partial charge in [0, 0.05) is 17.7 Å². The molecule has 0 saturated carbocycles. The zero-order valence-electron chi connectivity index (χ0n) is 14.8. The van der Waals surface area contributed by atoms with Crippen LogP contribution in [0, 0.1) is 17.2 Å². The number of carbonyl (C=O) groups excluding carboxylic acids is 2. The number of nitrogens with one attached hydrogen (secondary N) is 1. The third-order valence-corrected chi connectivity index (χ3v) is 3.42. The van der Waals surface area contributed by atoms with Crippen molar-refractivity contribution in [2.45, 2.75) is 20.2 Å². The Morgan fingerprint density at radius 1 is 1.11 bits per heavy atom. The van der Waals surface area contributed by atoms with Crippen LogP contribution in [0.2, 0.25) is 0 Å². The average molecular weight is 392 g/mol. The number of nitriles is 1. The molecule has 0 aliphatic rings. The Hall–Kier alpha value is -3.54. The van der Waals surface area contributed by atoms with Crippen LogP contribution in [0.1, 0.15) is 29.8 Å². The van der Waals surface area contributed by atoms with Gasteiger partial charge in [0.2, 0.25) is 5.91 Å². The zero-order chi connectivity index (χ0) is 20.9. The number of carbonyl (C=O) groups is 2. The van der Waals surface area contributed by atoms with E-state index in [0.29, 0.717) is 5.69 Å². The van der Waals surface area contributed by atoms with Gasteiger partial charge in [0.15, 0.2) is 5.75 Å². The maximum atomic E-state index is 12.3. The Morgan fingerprint density at radius 3 is 2.29 bits per heavy atom. The minimum atomic E-state index is -4.92. The lowest BCUT2D eigenvalue weighted by Crippen LogP contribution is -2.18. The molecule has 2 aromatic rings. The molecular formula is C19H15F3N2O4. The van der Waals surface area contributed by atoms with Gasteiger partial charge in [0.25, 0.3) is 0 Å². The molecule has 0 unspecified atom stereocenters. The van der Waals surface area contributed by atoms with Crippen LogP contribution in [-0.4, -0.2) is 18.2 Å². The van der Waals surface area contributed by atoms with Gasteiger partial charge in [-0.3, -0.25) is 4.79 Å². The van der Waals surface area contributed by atoms with Crippen molar-refractivity contribution in [3.05, 3.63) is 53.6 Å². The number of hydrogen-bond donors (Lipinski definition) is 1. The van der Waals surface area contributed by atoms with E-state index in [0.717, 1.165) is 18.2 Å². The zero-order valence-corrected chi connectivity index (χ0v) is 14.8. The SMILES string of the molecule is CC(C)C(=O)Nc1ccc(C(=O)Oc2cc(OC(F)(F)F)ccc2C#N)cc1. The number of rotatable bonds is 5. The van der Waals surface area contributed by atoms with Crippen LogP contribution in [0.25, 0.3) is 0 Å². The summed E-state index contributed by atoms with van der Waals surface area (Å²) in [5.74, 6) is -2.30. The van der Waals surface area contributed by atoms with E-state index in [1.165, 1.54) is 24.3 Å². The summed E-state index contributed by atoms with van der Waals surface area (Å²) in [6.07, 6.45) is -4.92. The molecular weight excluding hydrogens is 377 g/mol. The topological polar surface area (TPSA) is 88.4 Å². The minimum Gasteiger partial charge on any atom is -0.421 e. The van der Waals surface area contributed by atoms with Crippen LogP contribution in [-0.2, 0) is 4.79 Å². The molecule has 9 heteroatoms. The normalized spacial score (nSPS) is 10.9. The van der Waals surface area contributed by atoms with Crippen LogP contribution in [0.15, 0.2) is 42.5 Å². The van der Waals surface area contributed by atoms with E-state index in [9.17, 15) is 22.8 Å². The Bertz CT molecular complexity index is 916. The highest BCUT2D eigenvalue weighted by molar-refractivity contribution is 5.94. The Labute approximate surface area is 158 Å². The molecule has 1 amide bonds. The van der Waals surface area contributed by atoms with Crippen LogP contribution in [0.3, 0.4) is 0 Å². The fourth-order valence-corrected chi connectivity index (χ4v) is 2.01. The van der Waals surface area contributed by atoms with Gasteiger partial charge in [-0.05, 0) is 36.4 Å². The molecule has 28 heavy (non-hydrogen) atoms. The third kappa shape index (κ3) is 5.74. The Balaban J connectivity index is 2.16. The third-order valence-electron chi connectivity index (χ3n) is 3.42. The largest absolute Gasteiger partial charge is 0.573 e. The highest BCUT2D eigenvalue weighted by Gasteiger charge is 2.31. The fraction of sp³-hybridized carbons (Fsp3) is 0.211. The van der Waals surface area contributed by atoms with Gasteiger partial charge in [0.1, 0.15) is 11.8 Å². The number of halogens is 3. The molecule has 6 nitrogen and oxygen atoms in total. The standard InChI is InChI=1S/C19H15F3N2O4/c1-11(2)17(25)24-14-6-3-12(4-7-14)18(26)27-16-9-15(28-19(20,21)22)8-5-13(16)10-23/h3-9,11H,1-2H3,(H,24,25). The number of ether oxygens (including phenoxy) is 2. The molecule has 2 aromatic carbocycles. The fourth-order valence-electron chi connectivity index (χ4n) is 2.01. The van der Waals surface area contributed by atoms with Crippen LogP contribution >= 0.6 is 0 Å². The van der Waals surface area contributed by atoms with Crippen LogP contribution in [0.5, 0.6) is 11.5 Å². The summed E-state index contributed by atoms with van der Waals surface area (Å²) in [6.45, 7) is 3.45. The molecule has 0 atom stereocenters. The molecule has 2 rings (SSSR count). The summed E-state index contributed by atoms with van der Waals surface area (Å²) in [5, 5.41) is 11.7. The van der Waals surface area contributed by atoms with Crippen molar-refractivity contribution in [3.63, 3.8) is 0 Å². The van der Waals surface area contributed by atoms with Crippen molar-refractivity contribution < 1.29 is 32.2 Å². The van der Waals surface area contributed by atoms with E-state index in [-0.39, 0.29) is 28.7 Å². The molecule has 0 aromatic heterocycles. The number of benzene rings is 2. The van der Waals surface area contributed by atoms with Crippen molar-refractivity contribution in [1.82, 2.24) is 0 Å². The van der Waals surface area contributed by atoms with E-state index in [2.05, 4.69) is 10.1 Å². The van der Waals surface area contributed by atoms with Gasteiger partial charge in [-0.1, -0.05) is 13.8 Å². The van der Waals surface area contributed by atoms with Crippen LogP contribution in [0.4, 0.5) is 18.9 Å². The summed E-state index contributed by atoms with van der Waals surface area (Å²) in [5.41, 5.74) is 0.408. The average Bonchev–Trinajstić information content (AvgIpc) is 2.61. The summed E-state index contributed by atoms with van der Waals surface area (Å²) in [4.78, 5) is 23.9. The van der Waals surface area contributed by atoms with Crippen molar-refractivity contribution in [2.24, 2.45) is 5.92 Å². The lowest BCUT2D eigenvalue weighted by molar-refractivity contribution is -0.274. The van der Waals surface area contributed by atoms with E-state index < -0.39 is 18.1 Å². The second-order valence-corrected chi connectivity index (χ2v) is 5.93. The van der Waals surface area contributed by atoms with Gasteiger partial charge >= 0.3 is 12.3 Å². The molecule has 0 saturated heterocycles. The second-order valence-electron chi connectivity index (χ2n) is 5.93. The predicted octanol–water partition coefficient (Wildman–Crippen LogP) is 4.27. The molecule has 0 spiro atoms. The number of alkyl halides is 3. The first-order valence-electron chi connectivity index (χ1n) is 8.02. The lowest BCUT2D eigenvalue weighted by atomic mass is 10.1. The van der Waals surface area contributed by atoms with Crippen molar-refractivity contribution >= 4 is 17.6 Å². The van der Waals surface area contributed by atoms with Crippen LogP contribution < -0.4 is 14.8 Å². The number of hydrogen-bond acceptors (Lipinski definition) is 5. The monoisotopic (exact) mass is 392 g/mol. The Morgan fingerprint density at radius 2 is 1.75 bits per heavy atom. The van der Waals surface area contributed by atoms with Crippen molar-refractivity contribution in [1.29, 1.82) is 5.26 Å². The molecule has 0 bridgehead atoms. The quantitative estimate of drug-likeness (QED) is 0.606. The molecule has 0 aliphatic heterocycles. The van der Waals surface area contributed by atoms with Gasteiger partial charge in [-0.2, -0.15) is 5.26 Å². The molecule has 0 fully saturated rings. The first-order chi connectivity index (χ1) is 13.1. The van der Waals surface area contributed by atoms with E-state index >= 15 is 0 Å². The molecule has 0 heterocycles. The Kier molecular flexibility index (Phi) is 6.26.